The molecule has 0 saturated heterocycles. The first-order chi connectivity index (χ1) is 6.55. The molecule has 5 nitrogen and oxygen atoms in total. The Morgan fingerprint density at radius 3 is 2.43 bits per heavy atom. The molecule has 1 atom stereocenters. The van der Waals surface area contributed by atoms with Crippen molar-refractivity contribution >= 4 is 0 Å². The molecule has 1 aromatic rings. The van der Waals surface area contributed by atoms with E-state index in [4.69, 9.17) is 0 Å². The van der Waals surface area contributed by atoms with Crippen LogP contribution in [0.25, 0.3) is 0 Å². The lowest BCUT2D eigenvalue weighted by Gasteiger charge is -2.30. The fraction of sp³-hybridized carbons (Fsp3) is 0.778. The third-order valence-electron chi connectivity index (χ3n) is 2.76. The molecule has 0 fully saturated rings. The van der Waals surface area contributed by atoms with Crippen molar-refractivity contribution in [1.82, 2.24) is 15.0 Å². The van der Waals surface area contributed by atoms with E-state index in [9.17, 15) is 10.2 Å². The second-order valence-corrected chi connectivity index (χ2v) is 3.50. The van der Waals surface area contributed by atoms with Gasteiger partial charge in [-0.1, -0.05) is 19.1 Å². The molecule has 0 aliphatic heterocycles. The highest BCUT2D eigenvalue weighted by Crippen LogP contribution is 2.30. The highest BCUT2D eigenvalue weighted by Gasteiger charge is 2.34. The molecule has 2 N–H and O–H groups in total. The number of aliphatic hydroxyl groups excluding tert-OH is 1. The van der Waals surface area contributed by atoms with Crippen molar-refractivity contribution in [2.24, 2.45) is 7.05 Å². The number of aryl methyl sites for hydroxylation is 1. The van der Waals surface area contributed by atoms with E-state index in [0.29, 0.717) is 18.5 Å². The van der Waals surface area contributed by atoms with Crippen LogP contribution in [0.3, 0.4) is 0 Å². The van der Waals surface area contributed by atoms with Gasteiger partial charge in [-0.05, 0) is 12.8 Å². The monoisotopic (exact) mass is 199 g/mol. The topological polar surface area (TPSA) is 71.2 Å². The summed E-state index contributed by atoms with van der Waals surface area (Å²) in [6.07, 6.45) is 1.53. The van der Waals surface area contributed by atoms with Crippen molar-refractivity contribution in [2.75, 3.05) is 0 Å². The fourth-order valence-corrected chi connectivity index (χ4v) is 1.46. The highest BCUT2D eigenvalue weighted by atomic mass is 16.3. The van der Waals surface area contributed by atoms with E-state index in [1.165, 1.54) is 10.9 Å². The predicted octanol–water partition coefficient (Wildman–Crippen LogP) is 0.400. The molecule has 1 aromatic heterocycles. The van der Waals surface area contributed by atoms with Crippen molar-refractivity contribution in [3.05, 3.63) is 11.9 Å². The molecule has 1 rings (SSSR count). The largest absolute Gasteiger partial charge is 0.387 e. The molecule has 0 aliphatic carbocycles. The van der Waals surface area contributed by atoms with Gasteiger partial charge in [-0.25, -0.2) is 4.68 Å². The SMILES string of the molecule is CCC(O)(CC)C(O)c1cnnn1C. The fourth-order valence-electron chi connectivity index (χ4n) is 1.46. The van der Waals surface area contributed by atoms with Gasteiger partial charge >= 0.3 is 0 Å². The smallest absolute Gasteiger partial charge is 0.126 e. The van der Waals surface area contributed by atoms with Crippen LogP contribution in [0, 0.1) is 0 Å². The average molecular weight is 199 g/mol. The van der Waals surface area contributed by atoms with Crippen LogP contribution in [0.1, 0.15) is 38.5 Å². The maximum absolute atomic E-state index is 10.1. The second-order valence-electron chi connectivity index (χ2n) is 3.50. The third-order valence-corrected chi connectivity index (χ3v) is 2.76. The Morgan fingerprint density at radius 1 is 1.50 bits per heavy atom. The van der Waals surface area contributed by atoms with Gasteiger partial charge in [0.1, 0.15) is 6.10 Å². The van der Waals surface area contributed by atoms with Crippen LogP contribution in [-0.4, -0.2) is 30.8 Å². The van der Waals surface area contributed by atoms with E-state index in [2.05, 4.69) is 10.3 Å². The number of hydrogen-bond acceptors (Lipinski definition) is 4. The summed E-state index contributed by atoms with van der Waals surface area (Å²) in [7, 11) is 1.69. The lowest BCUT2D eigenvalue weighted by molar-refractivity contribution is -0.0853. The van der Waals surface area contributed by atoms with E-state index in [1.54, 1.807) is 7.05 Å². The van der Waals surface area contributed by atoms with E-state index in [1.807, 2.05) is 13.8 Å². The van der Waals surface area contributed by atoms with E-state index >= 15 is 0 Å². The number of rotatable bonds is 4. The molecule has 5 heteroatoms. The van der Waals surface area contributed by atoms with E-state index in [-0.39, 0.29) is 0 Å². The quantitative estimate of drug-likeness (QED) is 0.736. The van der Waals surface area contributed by atoms with Gasteiger partial charge in [-0.2, -0.15) is 0 Å². The summed E-state index contributed by atoms with van der Waals surface area (Å²) in [5, 5.41) is 27.4. The molecule has 14 heavy (non-hydrogen) atoms. The standard InChI is InChI=1S/C9H17N3O2/c1-4-9(14,5-2)8(13)7-6-10-11-12(7)3/h6,8,13-14H,4-5H2,1-3H3. The van der Waals surface area contributed by atoms with Crippen molar-refractivity contribution in [2.45, 2.75) is 38.4 Å². The lowest BCUT2D eigenvalue weighted by Crippen LogP contribution is -2.35. The van der Waals surface area contributed by atoms with Crippen LogP contribution >= 0.6 is 0 Å². The minimum absolute atomic E-state index is 0.496. The zero-order chi connectivity index (χ0) is 10.8. The Bertz CT molecular complexity index is 294. The summed E-state index contributed by atoms with van der Waals surface area (Å²) in [6.45, 7) is 3.69. The minimum atomic E-state index is -1.09. The van der Waals surface area contributed by atoms with E-state index < -0.39 is 11.7 Å². The first-order valence-corrected chi connectivity index (χ1v) is 4.80. The van der Waals surface area contributed by atoms with Crippen molar-refractivity contribution in [3.8, 4) is 0 Å². The highest BCUT2D eigenvalue weighted by molar-refractivity contribution is 5.05. The number of hydrogen-bond donors (Lipinski definition) is 2. The Kier molecular flexibility index (Phi) is 3.23. The predicted molar refractivity (Wildman–Crippen MR) is 51.5 cm³/mol. The first kappa shape index (κ1) is 11.1. The normalized spacial score (nSPS) is 14.4. The summed E-state index contributed by atoms with van der Waals surface area (Å²) in [4.78, 5) is 0. The van der Waals surface area contributed by atoms with Crippen LogP contribution in [0.2, 0.25) is 0 Å². The van der Waals surface area contributed by atoms with Gasteiger partial charge < -0.3 is 10.2 Å². The number of nitrogens with zero attached hydrogens (tertiary/aromatic N) is 3. The Morgan fingerprint density at radius 2 is 2.07 bits per heavy atom. The molecule has 1 heterocycles. The van der Waals surface area contributed by atoms with Crippen LogP contribution < -0.4 is 0 Å². The Hall–Kier alpha value is -0.940. The van der Waals surface area contributed by atoms with Gasteiger partial charge in [0.2, 0.25) is 0 Å². The van der Waals surface area contributed by atoms with Gasteiger partial charge in [0.05, 0.1) is 17.5 Å². The van der Waals surface area contributed by atoms with Gasteiger partial charge in [0.25, 0.3) is 0 Å². The molecule has 0 aromatic carbocycles. The molecule has 0 bridgehead atoms. The van der Waals surface area contributed by atoms with Gasteiger partial charge in [-0.3, -0.25) is 0 Å². The molecule has 1 unspecified atom stereocenters. The van der Waals surface area contributed by atoms with Crippen molar-refractivity contribution in [3.63, 3.8) is 0 Å². The average Bonchev–Trinajstić information content (AvgIpc) is 2.62. The first-order valence-electron chi connectivity index (χ1n) is 4.80. The maximum Gasteiger partial charge on any atom is 0.126 e. The minimum Gasteiger partial charge on any atom is -0.387 e. The van der Waals surface area contributed by atoms with Crippen molar-refractivity contribution in [1.29, 1.82) is 0 Å². The summed E-state index contributed by atoms with van der Waals surface area (Å²) in [5.74, 6) is 0. The molecule has 80 valence electrons. The van der Waals surface area contributed by atoms with Gasteiger partial charge in [-0.15, -0.1) is 5.10 Å². The van der Waals surface area contributed by atoms with Gasteiger partial charge in [0.15, 0.2) is 0 Å². The van der Waals surface area contributed by atoms with E-state index in [0.717, 1.165) is 0 Å². The van der Waals surface area contributed by atoms with Gasteiger partial charge in [0, 0.05) is 7.05 Å². The van der Waals surface area contributed by atoms with Crippen LogP contribution in [0.4, 0.5) is 0 Å². The molecule has 0 spiro atoms. The zero-order valence-electron chi connectivity index (χ0n) is 8.80. The zero-order valence-corrected chi connectivity index (χ0v) is 8.80. The summed E-state index contributed by atoms with van der Waals surface area (Å²) in [5.41, 5.74) is -0.550. The summed E-state index contributed by atoms with van der Waals surface area (Å²) in [6, 6.07) is 0. The molecular formula is C9H17N3O2. The van der Waals surface area contributed by atoms with Crippen LogP contribution in [0.5, 0.6) is 0 Å². The number of aliphatic hydroxyl groups is 2. The molecule has 0 amide bonds. The molecule has 0 radical (unpaired) electrons. The van der Waals surface area contributed by atoms with Crippen molar-refractivity contribution < 1.29 is 10.2 Å². The molecular weight excluding hydrogens is 182 g/mol. The van der Waals surface area contributed by atoms with Crippen LogP contribution in [-0.2, 0) is 7.05 Å². The molecule has 0 aliphatic rings. The second kappa shape index (κ2) is 4.06. The maximum atomic E-state index is 10.1. The lowest BCUT2D eigenvalue weighted by atomic mass is 9.89. The Balaban J connectivity index is 2.94. The summed E-state index contributed by atoms with van der Waals surface area (Å²) >= 11 is 0. The van der Waals surface area contributed by atoms with Crippen LogP contribution in [0.15, 0.2) is 6.20 Å². The molecule has 0 saturated carbocycles. The Labute approximate surface area is 83.4 Å². The summed E-state index contributed by atoms with van der Waals surface area (Å²) < 4.78 is 1.47. The third kappa shape index (κ3) is 1.78. The number of aromatic nitrogens is 3.